The van der Waals surface area contributed by atoms with Crippen LogP contribution in [0.5, 0.6) is 0 Å². The molecule has 0 saturated heterocycles. The average molecular weight is 294 g/mol. The minimum absolute atomic E-state index is 0.0611. The quantitative estimate of drug-likeness (QED) is 0.686. The van der Waals surface area contributed by atoms with E-state index in [1.807, 2.05) is 0 Å². The number of nitrogens with one attached hydrogen (secondary N) is 1. The van der Waals surface area contributed by atoms with Crippen LogP contribution in [0.3, 0.4) is 0 Å². The van der Waals surface area contributed by atoms with E-state index in [0.29, 0.717) is 6.04 Å². The van der Waals surface area contributed by atoms with Crippen molar-refractivity contribution in [3.8, 4) is 0 Å². The Balaban J connectivity index is 1.34. The Morgan fingerprint density at radius 1 is 1.19 bits per heavy atom. The van der Waals surface area contributed by atoms with Crippen molar-refractivity contribution in [1.82, 2.24) is 10.2 Å². The molecule has 0 aromatic carbocycles. The summed E-state index contributed by atoms with van der Waals surface area (Å²) in [5.74, 6) is 3.08. The van der Waals surface area contributed by atoms with Gasteiger partial charge in [-0.3, -0.25) is 0 Å². The highest BCUT2D eigenvalue weighted by molar-refractivity contribution is 4.93. The largest absolute Gasteiger partial charge is 0.394 e. The molecule has 0 amide bonds. The lowest BCUT2D eigenvalue weighted by Gasteiger charge is -2.31. The molecule has 3 heteroatoms. The monoisotopic (exact) mass is 294 g/mol. The van der Waals surface area contributed by atoms with Gasteiger partial charge in [0.1, 0.15) is 0 Å². The van der Waals surface area contributed by atoms with E-state index in [-0.39, 0.29) is 12.1 Å². The van der Waals surface area contributed by atoms with Gasteiger partial charge in [0.05, 0.1) is 6.61 Å². The summed E-state index contributed by atoms with van der Waals surface area (Å²) in [5.41, 5.74) is -0.0611. The van der Waals surface area contributed by atoms with E-state index in [1.54, 1.807) is 0 Å². The fourth-order valence-electron chi connectivity index (χ4n) is 4.75. The summed E-state index contributed by atoms with van der Waals surface area (Å²) in [6.07, 6.45) is 10.9. The van der Waals surface area contributed by atoms with E-state index in [1.165, 1.54) is 58.0 Å². The second-order valence-electron chi connectivity index (χ2n) is 8.44. The normalized spacial score (nSPS) is 34.6. The lowest BCUT2D eigenvalue weighted by atomic mass is 9.88. The molecule has 3 aliphatic carbocycles. The highest BCUT2D eigenvalue weighted by Gasteiger charge is 2.39. The maximum Gasteiger partial charge on any atom is 0.0610 e. The summed E-state index contributed by atoms with van der Waals surface area (Å²) in [5, 5.41) is 13.3. The zero-order chi connectivity index (χ0) is 14.9. The predicted molar refractivity (Wildman–Crippen MR) is 87.3 cm³/mol. The molecule has 2 N–H and O–H groups in total. The molecule has 3 nitrogen and oxygen atoms in total. The Bertz CT molecular complexity index is 344. The molecule has 3 rings (SSSR count). The van der Waals surface area contributed by atoms with Crippen molar-refractivity contribution in [2.24, 2.45) is 17.8 Å². The maximum atomic E-state index is 9.65. The van der Waals surface area contributed by atoms with Gasteiger partial charge in [0.25, 0.3) is 0 Å². The van der Waals surface area contributed by atoms with Crippen LogP contribution in [-0.2, 0) is 0 Å². The van der Waals surface area contributed by atoms with Crippen LogP contribution < -0.4 is 5.32 Å². The Kier molecular flexibility index (Phi) is 4.92. The average Bonchev–Trinajstić information content (AvgIpc) is 3.01. The standard InChI is InChI=1S/C18H34N2O/c1-18(13-21,19-17-6-7-17)8-3-9-20(2)12-16-11-14-4-5-15(16)10-14/h14-17,19,21H,3-13H2,1-2H3. The molecule has 0 spiro atoms. The van der Waals surface area contributed by atoms with Crippen LogP contribution in [0.15, 0.2) is 0 Å². The molecule has 0 radical (unpaired) electrons. The molecule has 3 aliphatic rings. The van der Waals surface area contributed by atoms with E-state index in [0.717, 1.165) is 24.2 Å². The van der Waals surface area contributed by atoms with Crippen LogP contribution in [0.2, 0.25) is 0 Å². The molecule has 3 saturated carbocycles. The van der Waals surface area contributed by atoms with Crippen LogP contribution in [0.1, 0.15) is 58.3 Å². The van der Waals surface area contributed by atoms with Crippen molar-refractivity contribution in [3.63, 3.8) is 0 Å². The first-order chi connectivity index (χ1) is 10.1. The maximum absolute atomic E-state index is 9.65. The van der Waals surface area contributed by atoms with Gasteiger partial charge in [0.2, 0.25) is 0 Å². The number of fused-ring (bicyclic) bond motifs is 2. The van der Waals surface area contributed by atoms with Crippen molar-refractivity contribution in [2.75, 3.05) is 26.7 Å². The van der Waals surface area contributed by atoms with E-state index >= 15 is 0 Å². The smallest absolute Gasteiger partial charge is 0.0610 e. The van der Waals surface area contributed by atoms with E-state index < -0.39 is 0 Å². The third-order valence-corrected chi connectivity index (χ3v) is 6.18. The molecule has 21 heavy (non-hydrogen) atoms. The molecule has 4 atom stereocenters. The third-order valence-electron chi connectivity index (χ3n) is 6.18. The lowest BCUT2D eigenvalue weighted by Crippen LogP contribution is -2.47. The van der Waals surface area contributed by atoms with Gasteiger partial charge in [-0.15, -0.1) is 0 Å². The van der Waals surface area contributed by atoms with Gasteiger partial charge >= 0.3 is 0 Å². The van der Waals surface area contributed by atoms with Crippen molar-refractivity contribution >= 4 is 0 Å². The van der Waals surface area contributed by atoms with Gasteiger partial charge in [-0.05, 0) is 83.2 Å². The van der Waals surface area contributed by atoms with Gasteiger partial charge in [-0.1, -0.05) is 6.42 Å². The summed E-state index contributed by atoms with van der Waals surface area (Å²) in [6, 6.07) is 0.675. The molecule has 0 aliphatic heterocycles. The lowest BCUT2D eigenvalue weighted by molar-refractivity contribution is 0.152. The molecule has 122 valence electrons. The summed E-state index contributed by atoms with van der Waals surface area (Å²) in [6.45, 7) is 4.92. The SMILES string of the molecule is CN(CCCC(C)(CO)NC1CC1)CC1CC2CCC1C2. The molecule has 3 fully saturated rings. The Hall–Kier alpha value is -0.120. The fraction of sp³-hybridized carbons (Fsp3) is 1.00. The van der Waals surface area contributed by atoms with Gasteiger partial charge in [-0.25, -0.2) is 0 Å². The van der Waals surface area contributed by atoms with Gasteiger partial charge in [0.15, 0.2) is 0 Å². The Labute approximate surface area is 130 Å². The van der Waals surface area contributed by atoms with Gasteiger partial charge in [-0.2, -0.15) is 0 Å². The van der Waals surface area contributed by atoms with Crippen molar-refractivity contribution < 1.29 is 5.11 Å². The summed E-state index contributed by atoms with van der Waals surface area (Å²) in [4.78, 5) is 2.54. The van der Waals surface area contributed by atoms with Crippen LogP contribution in [0.4, 0.5) is 0 Å². The second-order valence-corrected chi connectivity index (χ2v) is 8.44. The third kappa shape index (κ3) is 4.20. The van der Waals surface area contributed by atoms with Crippen LogP contribution in [-0.4, -0.2) is 48.3 Å². The number of aliphatic hydroxyl groups excluding tert-OH is 1. The van der Waals surface area contributed by atoms with Crippen molar-refractivity contribution in [3.05, 3.63) is 0 Å². The first-order valence-corrected chi connectivity index (χ1v) is 9.15. The predicted octanol–water partition coefficient (Wildman–Crippen LogP) is 2.64. The van der Waals surface area contributed by atoms with E-state index in [2.05, 4.69) is 24.2 Å². The highest BCUT2D eigenvalue weighted by Crippen LogP contribution is 2.48. The second kappa shape index (κ2) is 6.55. The molecule has 0 heterocycles. The molecule has 4 unspecified atom stereocenters. The Morgan fingerprint density at radius 2 is 2.00 bits per heavy atom. The van der Waals surface area contributed by atoms with E-state index in [4.69, 9.17) is 0 Å². The topological polar surface area (TPSA) is 35.5 Å². The minimum atomic E-state index is -0.0611. The zero-order valence-electron chi connectivity index (χ0n) is 14.0. The molecule has 0 aromatic heterocycles. The first-order valence-electron chi connectivity index (χ1n) is 9.15. The highest BCUT2D eigenvalue weighted by atomic mass is 16.3. The summed E-state index contributed by atoms with van der Waals surface area (Å²) < 4.78 is 0. The summed E-state index contributed by atoms with van der Waals surface area (Å²) in [7, 11) is 2.29. The molecule has 2 bridgehead atoms. The van der Waals surface area contributed by atoms with Crippen LogP contribution >= 0.6 is 0 Å². The van der Waals surface area contributed by atoms with Gasteiger partial charge < -0.3 is 15.3 Å². The zero-order valence-corrected chi connectivity index (χ0v) is 14.0. The number of rotatable bonds is 9. The number of hydrogen-bond acceptors (Lipinski definition) is 3. The van der Waals surface area contributed by atoms with Crippen LogP contribution in [0.25, 0.3) is 0 Å². The van der Waals surface area contributed by atoms with E-state index in [9.17, 15) is 5.11 Å². The first kappa shape index (κ1) is 15.8. The Morgan fingerprint density at radius 3 is 2.57 bits per heavy atom. The number of nitrogens with zero attached hydrogens (tertiary/aromatic N) is 1. The number of hydrogen-bond donors (Lipinski definition) is 2. The van der Waals surface area contributed by atoms with Crippen LogP contribution in [0, 0.1) is 17.8 Å². The molecule has 0 aromatic rings. The fourth-order valence-corrected chi connectivity index (χ4v) is 4.75. The van der Waals surface area contributed by atoms with Crippen molar-refractivity contribution in [1.29, 1.82) is 0 Å². The van der Waals surface area contributed by atoms with Crippen molar-refractivity contribution in [2.45, 2.75) is 69.9 Å². The summed E-state index contributed by atoms with van der Waals surface area (Å²) >= 11 is 0. The van der Waals surface area contributed by atoms with Gasteiger partial charge in [0, 0.05) is 18.1 Å². The molecular formula is C18H34N2O. The number of aliphatic hydroxyl groups is 1. The molecular weight excluding hydrogens is 260 g/mol. The minimum Gasteiger partial charge on any atom is -0.394 e.